The number of hydrogen-bond acceptors (Lipinski definition) is 10. The number of pyridine rings is 7. The Morgan fingerprint density at radius 1 is 0.331 bits per heavy atom. The molecule has 12 aromatic carbocycles. The van der Waals surface area contributed by atoms with Gasteiger partial charge in [-0.3, -0.25) is 9.78 Å². The number of carbonyl (C=O) groups excluding carboxylic acids is 1. The summed E-state index contributed by atoms with van der Waals surface area (Å²) in [7, 11) is 0. The van der Waals surface area contributed by atoms with Crippen molar-refractivity contribution in [3.05, 3.63) is 487 Å². The van der Waals surface area contributed by atoms with Crippen molar-refractivity contribution < 1.29 is 90.3 Å². The summed E-state index contributed by atoms with van der Waals surface area (Å²) in [6.07, 6.45) is 13.7. The molecule has 14 heteroatoms. The quantitative estimate of drug-likeness (QED) is 0.0682. The van der Waals surface area contributed by atoms with E-state index in [2.05, 4.69) is 400 Å². The van der Waals surface area contributed by atoms with Gasteiger partial charge in [0, 0.05) is 134 Å². The summed E-state index contributed by atoms with van der Waals surface area (Å²) in [6.45, 7) is 37.5. The Kier molecular flexibility index (Phi) is 44.5. The average molecular weight is 2630 g/mol. The van der Waals surface area contributed by atoms with Crippen molar-refractivity contribution in [3.8, 4) is 112 Å². The number of ketones is 1. The number of hydrogen-bond donors (Lipinski definition) is 1. The van der Waals surface area contributed by atoms with E-state index >= 15 is 0 Å². The Hall–Kier alpha value is -13.0. The van der Waals surface area contributed by atoms with Crippen LogP contribution < -0.4 is 0 Å². The van der Waals surface area contributed by atoms with Crippen LogP contribution in [0, 0.1) is 83.0 Å². The van der Waals surface area contributed by atoms with Gasteiger partial charge in [0.25, 0.3) is 0 Å². The number of fused-ring (bicyclic) bond motifs is 4. The molecule has 9 nitrogen and oxygen atoms in total. The molecule has 0 bridgehead atoms. The number of aromatic nitrogens is 7. The number of aryl methyl sites for hydroxylation is 5. The van der Waals surface area contributed by atoms with Crippen molar-refractivity contribution >= 4 is 48.2 Å². The summed E-state index contributed by atoms with van der Waals surface area (Å²) in [5.41, 5.74) is 34.1. The normalized spacial score (nSPS) is 10.8. The maximum Gasteiger partial charge on any atom is 0.155 e. The molecule has 8 heterocycles. The van der Waals surface area contributed by atoms with Crippen molar-refractivity contribution in [2.45, 2.75) is 147 Å². The summed E-state index contributed by atoms with van der Waals surface area (Å²) in [5, 5.41) is 12.2. The summed E-state index contributed by atoms with van der Waals surface area (Å²) in [5.74, 6) is 0.523. The largest absolute Gasteiger partial charge is 0.512 e. The predicted octanol–water partition coefficient (Wildman–Crippen LogP) is 34.0. The molecule has 0 spiro atoms. The molecule has 145 heavy (non-hydrogen) atoms. The van der Waals surface area contributed by atoms with Crippen LogP contribution in [0.1, 0.15) is 140 Å². The first-order chi connectivity index (χ1) is 67.8. The molecule has 0 atom stereocenters. The van der Waals surface area contributed by atoms with Gasteiger partial charge in [-0.05, 0) is 193 Å². The third-order valence-corrected chi connectivity index (χ3v) is 24.1. The van der Waals surface area contributed by atoms with Crippen molar-refractivity contribution in [2.24, 2.45) is 5.92 Å². The average Bonchev–Trinajstić information content (AvgIpc) is 1.72. The molecular weight excluding hydrogens is 2500 g/mol. The third kappa shape index (κ3) is 34.9. The van der Waals surface area contributed by atoms with Gasteiger partial charge in [0.15, 0.2) is 5.78 Å². The molecule has 1 N–H and O–H groups in total. The van der Waals surface area contributed by atoms with E-state index < -0.39 is 0 Å². The molecule has 20 aromatic rings. The SMILES string of the molecule is CC(=O)C=C(C)O.CC(C)(C)c1ccc(-c2[c-]ccc(-c3ccccc3)c2)nc1.CC(C)(C)c1ccc(-c2[c-]cccc2)nc1.CC(C)(C)c1ccc(-c2[c-]cccc2)nc1.Cc1[c-]c(-c2cc(CC(C)C)c3cc(-c4ccccc4)ccc3n2)cc(C)c1.Cc1ccc(-c2[c-]ccc(-c3ccccc3)c2)nc1.Cc1ccc(-c2[c-]cccc2)nc1.Cc1ccnc(-c2[c-]cc3sc4ccccc4c3c2)c1.[Ir].[Ir].[Ir].[Ir]. The zero-order valence-corrected chi connectivity index (χ0v) is 95.9. The fourth-order valence-electron chi connectivity index (χ4n) is 15.4. The summed E-state index contributed by atoms with van der Waals surface area (Å²) in [6, 6.07) is 141. The van der Waals surface area contributed by atoms with E-state index in [1.54, 1.807) is 0 Å². The summed E-state index contributed by atoms with van der Waals surface area (Å²) < 4.78 is 2.60. The first kappa shape index (κ1) is 116. The predicted molar refractivity (Wildman–Crippen MR) is 592 cm³/mol. The van der Waals surface area contributed by atoms with E-state index in [0.29, 0.717) is 5.92 Å². The summed E-state index contributed by atoms with van der Waals surface area (Å²) in [4.78, 5) is 41.8. The standard InChI is InChI=1S/C27H26N.C21H20N.C18H12NS.C18H14N.2C15H16N.C12H10N.C5H8O2.4Ir/c1-18(2)12-23-17-27(24-14-19(3)13-20(4)15-24)28-26-11-10-22(16-25(23)26)21-8-6-5-7-9-21;1-21(2,3)19-12-13-20(22-15-19)18-11-7-10-17(14-18)16-8-5-4-6-9-16;1-12-8-9-19-16(10-12)13-6-7-18-15(11-13)14-4-2-3-5-17(14)20-18;1-14-10-11-18(19-13-14)17-9-5-8-16(12-17)15-6-3-2-4-7-15;2*1-15(2,3)13-9-10-14(16-11-13)12-7-5-4-6-8-12;1-10-7-8-12(13-9-10)11-5-3-2-4-6-11;1-4(6)3-5(2)7;;;;/h5-11,13-14,16-18H,12H2,1-4H3;4-10,12-15H,1-3H3;2-5,7-11H,1H3;2-8,10-13H,1H3;2*4-7,9-11H,1-3H3;2-5,7-9H,1H3;3,6H,1-2H3;;;;/q7*-1;;;;;. The van der Waals surface area contributed by atoms with Crippen LogP contribution in [0.25, 0.3) is 143 Å². The third-order valence-electron chi connectivity index (χ3n) is 23.0. The van der Waals surface area contributed by atoms with Gasteiger partial charge < -0.3 is 35.0 Å². The number of aliphatic hydroxyl groups is 1. The van der Waals surface area contributed by atoms with Crippen LogP contribution in [-0.4, -0.2) is 45.8 Å². The van der Waals surface area contributed by atoms with E-state index in [-0.39, 0.29) is 108 Å². The Bertz CT molecular complexity index is 7330. The number of nitrogens with zero attached hydrogens (tertiary/aromatic N) is 7. The maximum absolute atomic E-state index is 10.0. The Balaban J connectivity index is 0.000000187. The molecule has 0 aliphatic heterocycles. The smallest absolute Gasteiger partial charge is 0.155 e. The molecule has 0 amide bonds. The number of carbonyl (C=O) groups is 1. The van der Waals surface area contributed by atoms with E-state index in [1.807, 2.05) is 178 Å². The van der Waals surface area contributed by atoms with E-state index in [4.69, 9.17) is 10.1 Å². The number of benzene rings is 12. The van der Waals surface area contributed by atoms with Gasteiger partial charge in [-0.25, -0.2) is 0 Å². The number of allylic oxidation sites excluding steroid dienone is 2. The van der Waals surface area contributed by atoms with Crippen molar-refractivity contribution in [1.29, 1.82) is 0 Å². The van der Waals surface area contributed by atoms with Crippen LogP contribution in [0.15, 0.2) is 395 Å². The van der Waals surface area contributed by atoms with Crippen LogP contribution in [0.2, 0.25) is 0 Å². The molecule has 0 aliphatic carbocycles. The molecule has 0 saturated heterocycles. The monoisotopic (exact) mass is 2630 g/mol. The van der Waals surface area contributed by atoms with Gasteiger partial charge in [0.2, 0.25) is 0 Å². The molecule has 20 rings (SSSR count). The Labute approximate surface area is 917 Å². The number of rotatable bonds is 13. The molecule has 0 saturated carbocycles. The Morgan fingerprint density at radius 2 is 0.745 bits per heavy atom. The molecule has 0 fully saturated rings. The molecule has 0 aliphatic rings. The molecular formula is C131H122Ir4N7O2S-7. The first-order valence-corrected chi connectivity index (χ1v) is 48.6. The zero-order chi connectivity index (χ0) is 100. The van der Waals surface area contributed by atoms with E-state index in [9.17, 15) is 4.79 Å². The minimum Gasteiger partial charge on any atom is -0.512 e. The van der Waals surface area contributed by atoms with E-state index in [1.165, 1.54) is 123 Å². The fraction of sp³-hybridized carbons (Fsp3) is 0.176. The molecule has 8 aromatic heterocycles. The second-order valence-electron chi connectivity index (χ2n) is 38.5. The van der Waals surface area contributed by atoms with Crippen molar-refractivity contribution in [2.75, 3.05) is 0 Å². The second-order valence-corrected chi connectivity index (χ2v) is 39.6. The van der Waals surface area contributed by atoms with Crippen molar-refractivity contribution in [1.82, 2.24) is 34.9 Å². The van der Waals surface area contributed by atoms with Crippen LogP contribution in [0.3, 0.4) is 0 Å². The van der Waals surface area contributed by atoms with Crippen LogP contribution in [-0.2, 0) is 108 Å². The number of thiophene rings is 1. The fourth-order valence-corrected chi connectivity index (χ4v) is 16.5. The summed E-state index contributed by atoms with van der Waals surface area (Å²) >= 11 is 1.82. The minimum atomic E-state index is -0.125. The molecule has 742 valence electrons. The van der Waals surface area contributed by atoms with Gasteiger partial charge in [-0.1, -0.05) is 289 Å². The van der Waals surface area contributed by atoms with Crippen LogP contribution in [0.5, 0.6) is 0 Å². The molecule has 0 unspecified atom stereocenters. The van der Waals surface area contributed by atoms with Crippen molar-refractivity contribution in [3.63, 3.8) is 0 Å². The maximum atomic E-state index is 10.0. The Morgan fingerprint density at radius 3 is 1.13 bits per heavy atom. The van der Waals surface area contributed by atoms with Gasteiger partial charge >= 0.3 is 0 Å². The second kappa shape index (κ2) is 55.9. The number of aliphatic hydroxyl groups excluding tert-OH is 1. The van der Waals surface area contributed by atoms with Crippen LogP contribution in [0.4, 0.5) is 0 Å². The topological polar surface area (TPSA) is 128 Å². The zero-order valence-electron chi connectivity index (χ0n) is 85.5. The first-order valence-electron chi connectivity index (χ1n) is 47.8. The van der Waals surface area contributed by atoms with E-state index in [0.717, 1.165) is 96.3 Å². The molecule has 4 radical (unpaired) electrons. The van der Waals surface area contributed by atoms with Gasteiger partial charge in [0.1, 0.15) is 0 Å². The van der Waals surface area contributed by atoms with Gasteiger partial charge in [-0.15, -0.1) is 237 Å². The van der Waals surface area contributed by atoms with Gasteiger partial charge in [0.05, 0.1) is 11.3 Å². The van der Waals surface area contributed by atoms with Crippen LogP contribution >= 0.6 is 11.3 Å². The van der Waals surface area contributed by atoms with Gasteiger partial charge in [-0.2, -0.15) is 11.3 Å². The minimum absolute atomic E-state index is 0.